The van der Waals surface area contributed by atoms with Gasteiger partial charge in [-0.25, -0.2) is 0 Å². The Labute approximate surface area is 150 Å². The van der Waals surface area contributed by atoms with Gasteiger partial charge in [-0.2, -0.15) is 0 Å². The number of carbonyl (C=O) groups is 1. The summed E-state index contributed by atoms with van der Waals surface area (Å²) in [6.45, 7) is 1.43. The van der Waals surface area contributed by atoms with Crippen molar-refractivity contribution in [2.24, 2.45) is 0 Å². The molecular formula is C20H20BrNO2. The van der Waals surface area contributed by atoms with Gasteiger partial charge in [0, 0.05) is 28.2 Å². The monoisotopic (exact) mass is 385 g/mol. The van der Waals surface area contributed by atoms with Gasteiger partial charge in [0.15, 0.2) is 5.78 Å². The van der Waals surface area contributed by atoms with Gasteiger partial charge in [0.25, 0.3) is 0 Å². The van der Waals surface area contributed by atoms with Gasteiger partial charge in [0.1, 0.15) is 12.4 Å². The Hall–Kier alpha value is -1.91. The highest BCUT2D eigenvalue weighted by molar-refractivity contribution is 9.10. The zero-order valence-electron chi connectivity index (χ0n) is 13.4. The molecule has 24 heavy (non-hydrogen) atoms. The topological polar surface area (TPSA) is 38.3 Å². The largest absolute Gasteiger partial charge is 0.490 e. The number of ether oxygens (including phenoxy) is 1. The van der Waals surface area contributed by atoms with E-state index in [1.807, 2.05) is 42.5 Å². The minimum atomic E-state index is 0.0140. The molecule has 0 atom stereocenters. The van der Waals surface area contributed by atoms with Crippen molar-refractivity contribution in [1.29, 1.82) is 0 Å². The summed E-state index contributed by atoms with van der Waals surface area (Å²) in [5, 5.41) is 3.41. The van der Waals surface area contributed by atoms with Crippen LogP contribution in [-0.4, -0.2) is 25.0 Å². The number of rotatable bonds is 8. The van der Waals surface area contributed by atoms with E-state index in [1.54, 1.807) is 12.1 Å². The number of ketones is 1. The van der Waals surface area contributed by atoms with Crippen molar-refractivity contribution in [3.05, 3.63) is 76.3 Å². The van der Waals surface area contributed by atoms with E-state index in [-0.39, 0.29) is 5.78 Å². The van der Waals surface area contributed by atoms with Gasteiger partial charge in [0.05, 0.1) is 0 Å². The molecule has 1 aliphatic rings. The molecule has 0 radical (unpaired) electrons. The molecule has 0 amide bonds. The SMILES string of the molecule is O=C(c1ccc(Br)cc1)c1ccc(OC/C=C/CNC2CC2)cc1. The van der Waals surface area contributed by atoms with Crippen molar-refractivity contribution < 1.29 is 9.53 Å². The van der Waals surface area contributed by atoms with Gasteiger partial charge in [-0.1, -0.05) is 28.1 Å². The van der Waals surface area contributed by atoms with Crippen LogP contribution in [0.25, 0.3) is 0 Å². The maximum atomic E-state index is 12.4. The van der Waals surface area contributed by atoms with Gasteiger partial charge in [-0.3, -0.25) is 4.79 Å². The molecule has 124 valence electrons. The van der Waals surface area contributed by atoms with Crippen LogP contribution in [0.5, 0.6) is 5.75 Å². The van der Waals surface area contributed by atoms with Crippen molar-refractivity contribution in [1.82, 2.24) is 5.32 Å². The number of halogens is 1. The quantitative estimate of drug-likeness (QED) is 0.541. The zero-order valence-corrected chi connectivity index (χ0v) is 15.0. The lowest BCUT2D eigenvalue weighted by Crippen LogP contribution is -2.15. The molecule has 0 heterocycles. The molecule has 1 fully saturated rings. The lowest BCUT2D eigenvalue weighted by molar-refractivity contribution is 0.103. The fourth-order valence-electron chi connectivity index (χ4n) is 2.29. The lowest BCUT2D eigenvalue weighted by atomic mass is 10.0. The van der Waals surface area contributed by atoms with Crippen LogP contribution in [0.1, 0.15) is 28.8 Å². The van der Waals surface area contributed by atoms with Crippen LogP contribution in [-0.2, 0) is 0 Å². The minimum absolute atomic E-state index is 0.0140. The van der Waals surface area contributed by atoms with E-state index in [9.17, 15) is 4.79 Å². The fraction of sp³-hybridized carbons (Fsp3) is 0.250. The smallest absolute Gasteiger partial charge is 0.193 e. The van der Waals surface area contributed by atoms with E-state index in [0.717, 1.165) is 22.8 Å². The molecule has 0 aromatic heterocycles. The van der Waals surface area contributed by atoms with Crippen molar-refractivity contribution in [2.75, 3.05) is 13.2 Å². The summed E-state index contributed by atoms with van der Waals surface area (Å²) in [5.74, 6) is 0.780. The highest BCUT2D eigenvalue weighted by atomic mass is 79.9. The van der Waals surface area contributed by atoms with Crippen LogP contribution in [0.15, 0.2) is 65.2 Å². The number of hydrogen-bond donors (Lipinski definition) is 1. The summed E-state index contributed by atoms with van der Waals surface area (Å²) in [6, 6.07) is 15.4. The van der Waals surface area contributed by atoms with E-state index in [2.05, 4.69) is 27.3 Å². The van der Waals surface area contributed by atoms with Gasteiger partial charge in [-0.15, -0.1) is 0 Å². The van der Waals surface area contributed by atoms with E-state index in [4.69, 9.17) is 4.74 Å². The second kappa shape index (κ2) is 8.27. The Bertz CT molecular complexity index is 703. The molecule has 1 aliphatic carbocycles. The third kappa shape index (κ3) is 5.05. The molecule has 2 aromatic carbocycles. The van der Waals surface area contributed by atoms with Gasteiger partial charge >= 0.3 is 0 Å². The van der Waals surface area contributed by atoms with Gasteiger partial charge < -0.3 is 10.1 Å². The summed E-state index contributed by atoms with van der Waals surface area (Å²) < 4.78 is 6.61. The van der Waals surface area contributed by atoms with Crippen LogP contribution in [0.2, 0.25) is 0 Å². The molecule has 3 nitrogen and oxygen atoms in total. The van der Waals surface area contributed by atoms with E-state index in [1.165, 1.54) is 12.8 Å². The van der Waals surface area contributed by atoms with Crippen molar-refractivity contribution in [3.8, 4) is 5.75 Å². The second-order valence-electron chi connectivity index (χ2n) is 5.83. The normalized spacial score (nSPS) is 14.0. The number of nitrogens with one attached hydrogen (secondary N) is 1. The zero-order chi connectivity index (χ0) is 16.8. The van der Waals surface area contributed by atoms with E-state index < -0.39 is 0 Å². The second-order valence-corrected chi connectivity index (χ2v) is 6.74. The van der Waals surface area contributed by atoms with Crippen LogP contribution in [0.4, 0.5) is 0 Å². The Morgan fingerprint density at radius 3 is 2.29 bits per heavy atom. The minimum Gasteiger partial charge on any atom is -0.490 e. The van der Waals surface area contributed by atoms with Gasteiger partial charge in [-0.05, 0) is 61.4 Å². The summed E-state index contributed by atoms with van der Waals surface area (Å²) in [6.07, 6.45) is 6.70. The molecule has 1 N–H and O–H groups in total. The molecule has 0 spiro atoms. The molecule has 1 saturated carbocycles. The Morgan fingerprint density at radius 2 is 1.67 bits per heavy atom. The van der Waals surface area contributed by atoms with Crippen LogP contribution in [0.3, 0.4) is 0 Å². The van der Waals surface area contributed by atoms with Crippen LogP contribution in [0, 0.1) is 0 Å². The van der Waals surface area contributed by atoms with Gasteiger partial charge in [0.2, 0.25) is 0 Å². The van der Waals surface area contributed by atoms with Crippen LogP contribution < -0.4 is 10.1 Å². The molecule has 0 aliphatic heterocycles. The summed E-state index contributed by atoms with van der Waals surface area (Å²) in [5.41, 5.74) is 1.34. The predicted octanol–water partition coefficient (Wildman–Crippen LogP) is 4.37. The molecule has 0 unspecified atom stereocenters. The predicted molar refractivity (Wildman–Crippen MR) is 99.7 cm³/mol. The first kappa shape index (κ1) is 16.9. The highest BCUT2D eigenvalue weighted by Gasteiger charge is 2.18. The Balaban J connectivity index is 1.49. The molecule has 0 saturated heterocycles. The Morgan fingerprint density at radius 1 is 1.04 bits per heavy atom. The van der Waals surface area contributed by atoms with Crippen molar-refractivity contribution >= 4 is 21.7 Å². The molecular weight excluding hydrogens is 366 g/mol. The maximum absolute atomic E-state index is 12.4. The summed E-state index contributed by atoms with van der Waals surface area (Å²) in [7, 11) is 0. The number of hydrogen-bond acceptors (Lipinski definition) is 3. The van der Waals surface area contributed by atoms with Crippen LogP contribution >= 0.6 is 15.9 Å². The molecule has 0 bridgehead atoms. The third-order valence-electron chi connectivity index (χ3n) is 3.84. The fourth-order valence-corrected chi connectivity index (χ4v) is 2.55. The highest BCUT2D eigenvalue weighted by Crippen LogP contribution is 2.18. The van der Waals surface area contributed by atoms with E-state index in [0.29, 0.717) is 17.7 Å². The Kier molecular flexibility index (Phi) is 5.83. The third-order valence-corrected chi connectivity index (χ3v) is 4.37. The maximum Gasteiger partial charge on any atom is 0.193 e. The summed E-state index contributed by atoms with van der Waals surface area (Å²) in [4.78, 5) is 12.4. The lowest BCUT2D eigenvalue weighted by Gasteiger charge is -2.05. The average Bonchev–Trinajstić information content (AvgIpc) is 3.43. The van der Waals surface area contributed by atoms with E-state index >= 15 is 0 Å². The average molecular weight is 386 g/mol. The number of benzene rings is 2. The number of carbonyl (C=O) groups excluding carboxylic acids is 1. The standard InChI is InChI=1S/C20H20BrNO2/c21-17-7-3-15(4-8-17)20(23)16-5-11-19(12-6-16)24-14-2-1-13-22-18-9-10-18/h1-8,11-12,18,22H,9-10,13-14H2/b2-1+. The molecule has 2 aromatic rings. The summed E-state index contributed by atoms with van der Waals surface area (Å²) >= 11 is 3.37. The van der Waals surface area contributed by atoms with Crippen molar-refractivity contribution in [2.45, 2.75) is 18.9 Å². The first-order valence-corrected chi connectivity index (χ1v) is 8.93. The molecule has 3 rings (SSSR count). The first-order valence-electron chi connectivity index (χ1n) is 8.14. The first-order chi connectivity index (χ1) is 11.7. The van der Waals surface area contributed by atoms with Crippen molar-refractivity contribution in [3.63, 3.8) is 0 Å². The molecule has 4 heteroatoms.